The van der Waals surface area contributed by atoms with Crippen LogP contribution in [0.15, 0.2) is 4.99 Å². The van der Waals surface area contributed by atoms with E-state index in [2.05, 4.69) is 24.2 Å². The van der Waals surface area contributed by atoms with Gasteiger partial charge in [-0.1, -0.05) is 25.6 Å². The second kappa shape index (κ2) is 5.82. The summed E-state index contributed by atoms with van der Waals surface area (Å²) < 4.78 is 23.4. The number of rotatable bonds is 4. The Hall–Kier alpha value is -0.230. The molecular weight excluding hydrogens is 268 g/mol. The number of aliphatic imine (C=N–C) groups is 1. The molecule has 0 radical (unpaired) electrons. The Kier molecular flexibility index (Phi) is 4.59. The lowest BCUT2D eigenvalue weighted by molar-refractivity contribution is 0.502. The fourth-order valence-electron chi connectivity index (χ4n) is 2.47. The summed E-state index contributed by atoms with van der Waals surface area (Å²) in [4.78, 5) is 4.45. The normalized spacial score (nSPS) is 33.2. The van der Waals surface area contributed by atoms with Gasteiger partial charge in [-0.15, -0.1) is 0 Å². The van der Waals surface area contributed by atoms with Gasteiger partial charge in [0.1, 0.15) is 0 Å². The highest BCUT2D eigenvalue weighted by Crippen LogP contribution is 2.22. The van der Waals surface area contributed by atoms with Gasteiger partial charge in [-0.25, -0.2) is 8.42 Å². The first kappa shape index (κ1) is 14.2. The molecule has 2 fully saturated rings. The highest BCUT2D eigenvalue weighted by molar-refractivity contribution is 8.14. The monoisotopic (exact) mass is 290 g/mol. The van der Waals surface area contributed by atoms with E-state index in [9.17, 15) is 8.42 Å². The van der Waals surface area contributed by atoms with Crippen LogP contribution in [0.25, 0.3) is 0 Å². The van der Waals surface area contributed by atoms with E-state index < -0.39 is 9.84 Å². The predicted molar refractivity (Wildman–Crippen MR) is 77.9 cm³/mol. The van der Waals surface area contributed by atoms with Gasteiger partial charge in [0.15, 0.2) is 15.0 Å². The third kappa shape index (κ3) is 3.63. The lowest BCUT2D eigenvalue weighted by atomic mass is 10.1. The number of sulfone groups is 1. The van der Waals surface area contributed by atoms with Gasteiger partial charge in [0.25, 0.3) is 0 Å². The van der Waals surface area contributed by atoms with Gasteiger partial charge in [-0.05, 0) is 25.2 Å². The summed E-state index contributed by atoms with van der Waals surface area (Å²) in [5.74, 6) is 2.07. The molecule has 104 valence electrons. The van der Waals surface area contributed by atoms with E-state index in [4.69, 9.17) is 0 Å². The molecule has 0 spiro atoms. The minimum absolute atomic E-state index is 0.239. The lowest BCUT2D eigenvalue weighted by Gasteiger charge is -2.12. The van der Waals surface area contributed by atoms with Crippen molar-refractivity contribution in [2.45, 2.75) is 44.4 Å². The van der Waals surface area contributed by atoms with E-state index in [1.807, 2.05) is 0 Å². The Bertz CT molecular complexity index is 418. The summed E-state index contributed by atoms with van der Waals surface area (Å²) in [5, 5.41) is 4.09. The van der Waals surface area contributed by atoms with Crippen LogP contribution in [-0.4, -0.2) is 42.9 Å². The van der Waals surface area contributed by atoms with Crippen molar-refractivity contribution in [3.05, 3.63) is 0 Å². The maximum absolute atomic E-state index is 11.7. The number of amidine groups is 1. The van der Waals surface area contributed by atoms with Crippen molar-refractivity contribution >= 4 is 26.8 Å². The van der Waals surface area contributed by atoms with E-state index in [0.717, 1.165) is 30.2 Å². The van der Waals surface area contributed by atoms with Crippen molar-refractivity contribution in [2.24, 2.45) is 10.9 Å². The molecule has 0 aliphatic carbocycles. The molecule has 0 bridgehead atoms. The van der Waals surface area contributed by atoms with E-state index >= 15 is 0 Å². The SMILES string of the molecule is CC(C)CC1CSC(=NCC2CCCS2(=O)=O)N1. The maximum atomic E-state index is 11.7. The largest absolute Gasteiger partial charge is 0.361 e. The Morgan fingerprint density at radius 2 is 2.28 bits per heavy atom. The first-order valence-electron chi connectivity index (χ1n) is 6.62. The molecule has 0 aromatic rings. The average molecular weight is 290 g/mol. The first-order valence-corrected chi connectivity index (χ1v) is 9.33. The quantitative estimate of drug-likeness (QED) is 0.855. The number of hydrogen-bond acceptors (Lipinski definition) is 4. The third-order valence-electron chi connectivity index (χ3n) is 3.41. The fourth-order valence-corrected chi connectivity index (χ4v) is 5.20. The van der Waals surface area contributed by atoms with Crippen LogP contribution in [0.3, 0.4) is 0 Å². The second-order valence-electron chi connectivity index (χ2n) is 5.56. The fraction of sp³-hybridized carbons (Fsp3) is 0.917. The molecule has 0 aromatic heterocycles. The van der Waals surface area contributed by atoms with Gasteiger partial charge in [-0.2, -0.15) is 0 Å². The van der Waals surface area contributed by atoms with Crippen molar-refractivity contribution < 1.29 is 8.42 Å². The number of nitrogens with zero attached hydrogens (tertiary/aromatic N) is 1. The van der Waals surface area contributed by atoms with E-state index in [-0.39, 0.29) is 5.25 Å². The zero-order valence-corrected chi connectivity index (χ0v) is 12.7. The molecule has 2 saturated heterocycles. The average Bonchev–Trinajstić information content (AvgIpc) is 2.81. The molecule has 18 heavy (non-hydrogen) atoms. The number of hydrogen-bond donors (Lipinski definition) is 1. The summed E-state index contributed by atoms with van der Waals surface area (Å²) in [6.07, 6.45) is 2.72. The minimum atomic E-state index is -2.86. The van der Waals surface area contributed by atoms with Gasteiger partial charge in [0, 0.05) is 11.8 Å². The van der Waals surface area contributed by atoms with Crippen LogP contribution in [0.4, 0.5) is 0 Å². The summed E-state index contributed by atoms with van der Waals surface area (Å²) in [6, 6.07) is 0.494. The van der Waals surface area contributed by atoms with Crippen LogP contribution in [0.5, 0.6) is 0 Å². The second-order valence-corrected chi connectivity index (χ2v) is 8.97. The standard InChI is InChI=1S/C12H22N2O2S2/c1-9(2)6-10-8-17-12(14-10)13-7-11-4-3-5-18(11,15)16/h9-11H,3-8H2,1-2H3,(H,13,14). The zero-order valence-electron chi connectivity index (χ0n) is 11.1. The van der Waals surface area contributed by atoms with Gasteiger partial charge in [0.05, 0.1) is 17.5 Å². The van der Waals surface area contributed by atoms with Crippen LogP contribution in [0.1, 0.15) is 33.1 Å². The molecule has 0 aromatic carbocycles. The Labute approximate surface area is 114 Å². The number of thioether (sulfide) groups is 1. The first-order chi connectivity index (χ1) is 8.47. The van der Waals surface area contributed by atoms with Crippen molar-refractivity contribution in [3.8, 4) is 0 Å². The molecule has 0 amide bonds. The van der Waals surface area contributed by atoms with Crippen LogP contribution < -0.4 is 5.32 Å². The molecular formula is C12H22N2O2S2. The molecule has 2 aliphatic heterocycles. The van der Waals surface area contributed by atoms with E-state index in [1.165, 1.54) is 0 Å². The van der Waals surface area contributed by atoms with E-state index in [1.54, 1.807) is 11.8 Å². The van der Waals surface area contributed by atoms with Crippen molar-refractivity contribution in [1.82, 2.24) is 5.32 Å². The number of nitrogens with one attached hydrogen (secondary N) is 1. The smallest absolute Gasteiger partial charge is 0.156 e. The van der Waals surface area contributed by atoms with Crippen molar-refractivity contribution in [1.29, 1.82) is 0 Å². The topological polar surface area (TPSA) is 58.5 Å². The zero-order chi connectivity index (χ0) is 13.2. The minimum Gasteiger partial charge on any atom is -0.361 e. The van der Waals surface area contributed by atoms with Gasteiger partial charge in [0.2, 0.25) is 0 Å². The highest BCUT2D eigenvalue weighted by atomic mass is 32.2. The Morgan fingerprint density at radius 3 is 2.89 bits per heavy atom. The maximum Gasteiger partial charge on any atom is 0.156 e. The Balaban J connectivity index is 1.84. The Morgan fingerprint density at radius 1 is 1.50 bits per heavy atom. The van der Waals surface area contributed by atoms with E-state index in [0.29, 0.717) is 24.3 Å². The molecule has 2 aliphatic rings. The summed E-state index contributed by atoms with van der Waals surface area (Å²) in [6.45, 7) is 4.87. The van der Waals surface area contributed by atoms with Crippen LogP contribution >= 0.6 is 11.8 Å². The van der Waals surface area contributed by atoms with Crippen molar-refractivity contribution in [3.63, 3.8) is 0 Å². The summed E-state index contributed by atoms with van der Waals surface area (Å²) in [7, 11) is -2.86. The lowest BCUT2D eigenvalue weighted by Crippen LogP contribution is -2.29. The molecule has 2 unspecified atom stereocenters. The molecule has 4 nitrogen and oxygen atoms in total. The molecule has 2 rings (SSSR count). The van der Waals surface area contributed by atoms with Gasteiger partial charge in [-0.3, -0.25) is 4.99 Å². The van der Waals surface area contributed by atoms with Crippen LogP contribution in [0, 0.1) is 5.92 Å². The summed E-state index contributed by atoms with van der Waals surface area (Å²) >= 11 is 1.72. The molecule has 2 atom stereocenters. The summed E-state index contributed by atoms with van der Waals surface area (Å²) in [5.41, 5.74) is 0. The van der Waals surface area contributed by atoms with Crippen molar-refractivity contribution in [2.75, 3.05) is 18.1 Å². The van der Waals surface area contributed by atoms with Crippen LogP contribution in [0.2, 0.25) is 0 Å². The van der Waals surface area contributed by atoms with Gasteiger partial charge >= 0.3 is 0 Å². The van der Waals surface area contributed by atoms with Crippen LogP contribution in [-0.2, 0) is 9.84 Å². The third-order valence-corrected chi connectivity index (χ3v) is 6.75. The van der Waals surface area contributed by atoms with Gasteiger partial charge < -0.3 is 5.32 Å². The molecule has 0 saturated carbocycles. The molecule has 1 N–H and O–H groups in total. The molecule has 6 heteroatoms. The predicted octanol–water partition coefficient (Wildman–Crippen LogP) is 1.67. The highest BCUT2D eigenvalue weighted by Gasteiger charge is 2.31. The molecule has 2 heterocycles.